The summed E-state index contributed by atoms with van der Waals surface area (Å²) in [6.07, 6.45) is 6.48. The van der Waals surface area contributed by atoms with Crippen LogP contribution in [0.15, 0.2) is 18.3 Å². The fourth-order valence-corrected chi connectivity index (χ4v) is 2.89. The van der Waals surface area contributed by atoms with Gasteiger partial charge in [0.15, 0.2) is 0 Å². The van der Waals surface area contributed by atoms with E-state index in [0.29, 0.717) is 6.04 Å². The van der Waals surface area contributed by atoms with Gasteiger partial charge in [0.25, 0.3) is 5.91 Å². The largest absolute Gasteiger partial charge is 0.340 e. The highest BCUT2D eigenvalue weighted by Crippen LogP contribution is 2.22. The average molecular weight is 277 g/mol. The molecule has 1 N–H and O–H groups in total. The molecule has 1 fully saturated rings. The van der Waals surface area contributed by atoms with Crippen LogP contribution < -0.4 is 5.32 Å². The maximum Gasteiger partial charge on any atom is 0.270 e. The molecule has 0 spiro atoms. The third-order valence-electron chi connectivity index (χ3n) is 4.15. The van der Waals surface area contributed by atoms with Gasteiger partial charge in [-0.25, -0.2) is 0 Å². The molecule has 0 aliphatic carbocycles. The second-order valence-electron chi connectivity index (χ2n) is 5.52. The van der Waals surface area contributed by atoms with E-state index in [1.165, 1.54) is 0 Å². The number of carbonyl (C=O) groups is 1. The van der Waals surface area contributed by atoms with Gasteiger partial charge >= 0.3 is 0 Å². The second kappa shape index (κ2) is 7.48. The molecule has 0 aromatic carbocycles. The van der Waals surface area contributed by atoms with E-state index in [4.69, 9.17) is 0 Å². The van der Waals surface area contributed by atoms with Crippen molar-refractivity contribution in [1.82, 2.24) is 14.8 Å². The molecule has 2 heterocycles. The molecular formula is C16H27N3O. The standard InChI is InChI=1S/C16H27N3O/c1-3-5-12-18(4-2)16(20)15-7-6-13-19(15)14-8-10-17-11-9-14/h6-7,13-14,17H,3-5,8-12H2,1-2H3. The third-order valence-corrected chi connectivity index (χ3v) is 4.15. The van der Waals surface area contributed by atoms with Crippen molar-refractivity contribution in [1.29, 1.82) is 0 Å². The van der Waals surface area contributed by atoms with Crippen molar-refractivity contribution in [3.8, 4) is 0 Å². The zero-order valence-electron chi connectivity index (χ0n) is 12.8. The van der Waals surface area contributed by atoms with E-state index < -0.39 is 0 Å². The van der Waals surface area contributed by atoms with Crippen LogP contribution in [0.1, 0.15) is 56.1 Å². The highest BCUT2D eigenvalue weighted by atomic mass is 16.2. The molecule has 112 valence electrons. The van der Waals surface area contributed by atoms with Crippen molar-refractivity contribution >= 4 is 5.91 Å². The minimum atomic E-state index is 0.185. The van der Waals surface area contributed by atoms with Crippen LogP contribution in [0.25, 0.3) is 0 Å². The molecule has 4 nitrogen and oxygen atoms in total. The molecule has 1 saturated heterocycles. The van der Waals surface area contributed by atoms with E-state index >= 15 is 0 Å². The second-order valence-corrected chi connectivity index (χ2v) is 5.52. The van der Waals surface area contributed by atoms with Gasteiger partial charge in [0, 0.05) is 25.3 Å². The van der Waals surface area contributed by atoms with Crippen LogP contribution in [0.5, 0.6) is 0 Å². The van der Waals surface area contributed by atoms with Gasteiger partial charge in [-0.05, 0) is 51.4 Å². The molecule has 1 aromatic heterocycles. The van der Waals surface area contributed by atoms with Gasteiger partial charge in [0.1, 0.15) is 5.69 Å². The Morgan fingerprint density at radius 2 is 2.15 bits per heavy atom. The van der Waals surface area contributed by atoms with E-state index in [1.807, 2.05) is 17.0 Å². The number of unbranched alkanes of at least 4 members (excludes halogenated alkanes) is 1. The van der Waals surface area contributed by atoms with Gasteiger partial charge in [-0.1, -0.05) is 13.3 Å². The van der Waals surface area contributed by atoms with Crippen LogP contribution in [-0.4, -0.2) is 41.6 Å². The molecule has 0 atom stereocenters. The molecule has 4 heteroatoms. The molecule has 1 aromatic rings. The van der Waals surface area contributed by atoms with Gasteiger partial charge < -0.3 is 14.8 Å². The van der Waals surface area contributed by atoms with Gasteiger partial charge in [-0.15, -0.1) is 0 Å². The minimum absolute atomic E-state index is 0.185. The molecule has 0 unspecified atom stereocenters. The average Bonchev–Trinajstić information content (AvgIpc) is 2.98. The quantitative estimate of drug-likeness (QED) is 0.868. The normalized spacial score (nSPS) is 16.3. The first kappa shape index (κ1) is 15.1. The lowest BCUT2D eigenvalue weighted by Gasteiger charge is -2.28. The fourth-order valence-electron chi connectivity index (χ4n) is 2.89. The van der Waals surface area contributed by atoms with Crippen molar-refractivity contribution < 1.29 is 4.79 Å². The topological polar surface area (TPSA) is 37.3 Å². The monoisotopic (exact) mass is 277 g/mol. The summed E-state index contributed by atoms with van der Waals surface area (Å²) >= 11 is 0. The summed E-state index contributed by atoms with van der Waals surface area (Å²) in [5.41, 5.74) is 0.856. The molecule has 1 aliphatic heterocycles. The van der Waals surface area contributed by atoms with Gasteiger partial charge in [0.05, 0.1) is 0 Å². The lowest BCUT2D eigenvalue weighted by atomic mass is 10.1. The van der Waals surface area contributed by atoms with Crippen LogP contribution in [0.3, 0.4) is 0 Å². The Hall–Kier alpha value is -1.29. The lowest BCUT2D eigenvalue weighted by Crippen LogP contribution is -2.35. The highest BCUT2D eigenvalue weighted by Gasteiger charge is 2.22. The van der Waals surface area contributed by atoms with Gasteiger partial charge in [0.2, 0.25) is 0 Å². The SMILES string of the molecule is CCCCN(CC)C(=O)c1cccn1C1CCNCC1. The summed E-state index contributed by atoms with van der Waals surface area (Å²) < 4.78 is 2.19. The lowest BCUT2D eigenvalue weighted by molar-refractivity contribution is 0.0747. The van der Waals surface area contributed by atoms with Crippen molar-refractivity contribution in [2.75, 3.05) is 26.2 Å². The molecule has 20 heavy (non-hydrogen) atoms. The number of rotatable bonds is 6. The number of carbonyl (C=O) groups excluding carboxylic acids is 1. The predicted octanol–water partition coefficient (Wildman–Crippen LogP) is 2.67. The number of nitrogens with zero attached hydrogens (tertiary/aromatic N) is 2. The molecule has 0 bridgehead atoms. The summed E-state index contributed by atoms with van der Waals surface area (Å²) in [5.74, 6) is 0.185. The zero-order valence-corrected chi connectivity index (χ0v) is 12.8. The maximum absolute atomic E-state index is 12.7. The van der Waals surface area contributed by atoms with Crippen LogP contribution in [-0.2, 0) is 0 Å². The smallest absolute Gasteiger partial charge is 0.270 e. The molecule has 1 aliphatic rings. The van der Waals surface area contributed by atoms with E-state index in [0.717, 1.165) is 57.6 Å². The van der Waals surface area contributed by atoms with Crippen molar-refractivity contribution in [2.45, 2.75) is 45.6 Å². The number of hydrogen-bond donors (Lipinski definition) is 1. The Bertz CT molecular complexity index is 421. The highest BCUT2D eigenvalue weighted by molar-refractivity contribution is 5.92. The summed E-state index contributed by atoms with van der Waals surface area (Å²) in [6.45, 7) is 7.97. The van der Waals surface area contributed by atoms with E-state index in [-0.39, 0.29) is 5.91 Å². The van der Waals surface area contributed by atoms with Crippen molar-refractivity contribution in [2.24, 2.45) is 0 Å². The summed E-state index contributed by atoms with van der Waals surface area (Å²) in [6, 6.07) is 4.44. The van der Waals surface area contributed by atoms with E-state index in [9.17, 15) is 4.79 Å². The Labute approximate surface area is 122 Å². The molecule has 2 rings (SSSR count). The zero-order chi connectivity index (χ0) is 14.4. The predicted molar refractivity (Wildman–Crippen MR) is 82.1 cm³/mol. The van der Waals surface area contributed by atoms with Gasteiger partial charge in [-0.2, -0.15) is 0 Å². The van der Waals surface area contributed by atoms with Crippen LogP contribution in [0.2, 0.25) is 0 Å². The first-order valence-corrected chi connectivity index (χ1v) is 7.94. The molecule has 0 radical (unpaired) electrons. The van der Waals surface area contributed by atoms with Crippen LogP contribution in [0.4, 0.5) is 0 Å². The summed E-state index contributed by atoms with van der Waals surface area (Å²) in [5, 5.41) is 3.38. The van der Waals surface area contributed by atoms with Crippen molar-refractivity contribution in [3.05, 3.63) is 24.0 Å². The van der Waals surface area contributed by atoms with Crippen LogP contribution in [0, 0.1) is 0 Å². The van der Waals surface area contributed by atoms with Crippen LogP contribution >= 0.6 is 0 Å². The Morgan fingerprint density at radius 1 is 1.40 bits per heavy atom. The Morgan fingerprint density at radius 3 is 2.80 bits per heavy atom. The van der Waals surface area contributed by atoms with E-state index in [2.05, 4.69) is 29.9 Å². The number of amides is 1. The molecule has 0 saturated carbocycles. The number of aromatic nitrogens is 1. The summed E-state index contributed by atoms with van der Waals surface area (Å²) in [4.78, 5) is 14.7. The number of nitrogens with one attached hydrogen (secondary N) is 1. The third kappa shape index (κ3) is 3.42. The number of piperidine rings is 1. The Balaban J connectivity index is 2.11. The van der Waals surface area contributed by atoms with Gasteiger partial charge in [-0.3, -0.25) is 4.79 Å². The minimum Gasteiger partial charge on any atom is -0.340 e. The van der Waals surface area contributed by atoms with E-state index in [1.54, 1.807) is 0 Å². The van der Waals surface area contributed by atoms with Crippen molar-refractivity contribution in [3.63, 3.8) is 0 Å². The first-order valence-electron chi connectivity index (χ1n) is 7.94. The molecule has 1 amide bonds. The summed E-state index contributed by atoms with van der Waals surface area (Å²) in [7, 11) is 0. The first-order chi connectivity index (χ1) is 9.77. The maximum atomic E-state index is 12.7. The number of hydrogen-bond acceptors (Lipinski definition) is 2. The Kier molecular flexibility index (Phi) is 5.65. The molecular weight excluding hydrogens is 250 g/mol. The fraction of sp³-hybridized carbons (Fsp3) is 0.688.